The van der Waals surface area contributed by atoms with Crippen LogP contribution in [0.3, 0.4) is 0 Å². The van der Waals surface area contributed by atoms with E-state index in [2.05, 4.69) is 15.0 Å². The number of hydrogen-bond acceptors (Lipinski definition) is 7. The molecule has 3 heterocycles. The number of aromatic nitrogens is 4. The highest BCUT2D eigenvalue weighted by Gasteiger charge is 2.33. The van der Waals surface area contributed by atoms with Crippen LogP contribution >= 0.6 is 0 Å². The van der Waals surface area contributed by atoms with Gasteiger partial charge in [-0.05, 0) is 26.7 Å². The Kier molecular flexibility index (Phi) is 5.66. The van der Waals surface area contributed by atoms with Crippen molar-refractivity contribution < 1.29 is 13.2 Å². The van der Waals surface area contributed by atoms with Gasteiger partial charge in [0.2, 0.25) is 0 Å². The Hall–Kier alpha value is -2.20. The van der Waals surface area contributed by atoms with Crippen LogP contribution in [0.2, 0.25) is 0 Å². The smallest absolute Gasteiger partial charge is 0.262 e. The van der Waals surface area contributed by atoms with Gasteiger partial charge in [0, 0.05) is 45.3 Å². The van der Waals surface area contributed by atoms with E-state index in [0.29, 0.717) is 24.7 Å². The summed E-state index contributed by atoms with van der Waals surface area (Å²) in [4.78, 5) is 14.4. The Balaban J connectivity index is 1.76. The maximum absolute atomic E-state index is 13.0. The van der Waals surface area contributed by atoms with Crippen LogP contribution < -0.4 is 9.64 Å². The number of sulfonamides is 1. The molecule has 0 aromatic carbocycles. The topological polar surface area (TPSA) is 93.5 Å². The Morgan fingerprint density at radius 2 is 1.96 bits per heavy atom. The highest BCUT2D eigenvalue weighted by molar-refractivity contribution is 7.89. The second-order valence-corrected chi connectivity index (χ2v) is 8.96. The van der Waals surface area contributed by atoms with Crippen molar-refractivity contribution in [2.45, 2.75) is 43.9 Å². The number of imidazole rings is 1. The molecule has 148 valence electrons. The molecule has 0 radical (unpaired) electrons. The zero-order chi connectivity index (χ0) is 19.6. The van der Waals surface area contributed by atoms with Gasteiger partial charge in [-0.2, -0.15) is 4.31 Å². The fraction of sp³-hybridized carbons (Fsp3) is 0.588. The molecule has 9 nitrogen and oxygen atoms in total. The summed E-state index contributed by atoms with van der Waals surface area (Å²) in [6, 6.07) is 0.153. The Labute approximate surface area is 160 Å². The molecule has 0 amide bonds. The third kappa shape index (κ3) is 4.22. The van der Waals surface area contributed by atoms with Crippen molar-refractivity contribution in [1.82, 2.24) is 23.8 Å². The zero-order valence-corrected chi connectivity index (χ0v) is 16.9. The molecule has 1 fully saturated rings. The third-order valence-electron chi connectivity index (χ3n) is 4.47. The van der Waals surface area contributed by atoms with Gasteiger partial charge in [0.1, 0.15) is 6.10 Å². The van der Waals surface area contributed by atoms with Crippen LogP contribution in [0.1, 0.15) is 32.7 Å². The molecule has 0 aliphatic carbocycles. The highest BCUT2D eigenvalue weighted by Crippen LogP contribution is 2.26. The van der Waals surface area contributed by atoms with E-state index in [1.165, 1.54) is 4.31 Å². The maximum Gasteiger partial charge on any atom is 0.262 e. The van der Waals surface area contributed by atoms with E-state index in [1.807, 2.05) is 32.8 Å². The summed E-state index contributed by atoms with van der Waals surface area (Å²) < 4.78 is 35.1. The molecule has 1 atom stereocenters. The molecule has 1 unspecified atom stereocenters. The molecule has 27 heavy (non-hydrogen) atoms. The lowest BCUT2D eigenvalue weighted by Gasteiger charge is -2.31. The number of piperidine rings is 1. The number of nitrogens with zero attached hydrogens (tertiary/aromatic N) is 6. The second kappa shape index (κ2) is 7.81. The molecule has 1 aliphatic rings. The van der Waals surface area contributed by atoms with Gasteiger partial charge < -0.3 is 14.2 Å². The summed E-state index contributed by atoms with van der Waals surface area (Å²) in [5.41, 5.74) is 0. The Bertz CT molecular complexity index is 880. The summed E-state index contributed by atoms with van der Waals surface area (Å²) in [5.74, 6) is 1.03. The minimum atomic E-state index is -3.65. The van der Waals surface area contributed by atoms with E-state index < -0.39 is 10.0 Å². The van der Waals surface area contributed by atoms with E-state index in [4.69, 9.17) is 4.74 Å². The molecule has 0 bridgehead atoms. The Morgan fingerprint density at radius 1 is 1.22 bits per heavy atom. The van der Waals surface area contributed by atoms with Crippen LogP contribution in [0.15, 0.2) is 29.9 Å². The number of rotatable bonds is 6. The molecule has 0 spiro atoms. The van der Waals surface area contributed by atoms with Crippen LogP contribution in [0.4, 0.5) is 5.82 Å². The monoisotopic (exact) mass is 394 g/mol. The van der Waals surface area contributed by atoms with Crippen molar-refractivity contribution in [3.05, 3.63) is 24.9 Å². The predicted molar refractivity (Wildman–Crippen MR) is 101 cm³/mol. The van der Waals surface area contributed by atoms with Crippen LogP contribution in [-0.2, 0) is 10.0 Å². The summed E-state index contributed by atoms with van der Waals surface area (Å²) in [6.07, 6.45) is 7.50. The van der Waals surface area contributed by atoms with Gasteiger partial charge in [0.15, 0.2) is 10.8 Å². The largest absolute Gasteiger partial charge is 0.470 e. The van der Waals surface area contributed by atoms with Gasteiger partial charge in [-0.25, -0.2) is 23.4 Å². The van der Waals surface area contributed by atoms with Gasteiger partial charge in [0.25, 0.3) is 15.9 Å². The van der Waals surface area contributed by atoms with Gasteiger partial charge >= 0.3 is 0 Å². The Morgan fingerprint density at radius 3 is 2.63 bits per heavy atom. The summed E-state index contributed by atoms with van der Waals surface area (Å²) in [6.45, 7) is 4.68. The molecule has 1 aliphatic heterocycles. The maximum atomic E-state index is 13.0. The van der Waals surface area contributed by atoms with Gasteiger partial charge in [0.05, 0.1) is 12.9 Å². The summed E-state index contributed by atoms with van der Waals surface area (Å²) in [5, 5.41) is 0.0744. The average Bonchev–Trinajstić information content (AvgIpc) is 3.13. The van der Waals surface area contributed by atoms with Crippen LogP contribution in [0, 0.1) is 0 Å². The minimum Gasteiger partial charge on any atom is -0.470 e. The van der Waals surface area contributed by atoms with Crippen LogP contribution in [-0.4, -0.2) is 65.5 Å². The standard InChI is InChI=1S/C17H26N6O3S/c1-13(2)22-11-15(20-12-22)27(24,25)23-9-5-6-14(10-23)26-17-16(21(3)4)18-7-8-19-17/h7-8,11-14H,5-6,9-10H2,1-4H3. The molecule has 0 saturated carbocycles. The lowest BCUT2D eigenvalue weighted by Crippen LogP contribution is -2.44. The van der Waals surface area contributed by atoms with E-state index in [0.717, 1.165) is 6.42 Å². The number of anilines is 1. The molecule has 2 aromatic heterocycles. The predicted octanol–water partition coefficient (Wildman–Crippen LogP) is 1.55. The van der Waals surface area contributed by atoms with E-state index >= 15 is 0 Å². The van der Waals surface area contributed by atoms with E-state index in [-0.39, 0.29) is 23.7 Å². The molecular weight excluding hydrogens is 368 g/mol. The van der Waals surface area contributed by atoms with Crippen molar-refractivity contribution >= 4 is 15.8 Å². The van der Waals surface area contributed by atoms with Crippen molar-refractivity contribution in [2.75, 3.05) is 32.1 Å². The van der Waals surface area contributed by atoms with Crippen LogP contribution in [0.5, 0.6) is 5.88 Å². The first kappa shape index (κ1) is 19.6. The van der Waals surface area contributed by atoms with Crippen molar-refractivity contribution in [2.24, 2.45) is 0 Å². The first-order valence-corrected chi connectivity index (χ1v) is 10.4. The first-order chi connectivity index (χ1) is 12.8. The molecule has 1 saturated heterocycles. The lowest BCUT2D eigenvalue weighted by atomic mass is 10.1. The quantitative estimate of drug-likeness (QED) is 0.734. The fourth-order valence-electron chi connectivity index (χ4n) is 2.95. The highest BCUT2D eigenvalue weighted by atomic mass is 32.2. The van der Waals surface area contributed by atoms with Gasteiger partial charge in [-0.1, -0.05) is 0 Å². The third-order valence-corrected chi connectivity index (χ3v) is 6.22. The SMILES string of the molecule is CC(C)n1cnc(S(=O)(=O)N2CCCC(Oc3nccnc3N(C)C)C2)c1. The second-order valence-electron chi connectivity index (χ2n) is 7.08. The van der Waals surface area contributed by atoms with E-state index in [1.54, 1.807) is 29.5 Å². The van der Waals surface area contributed by atoms with Crippen molar-refractivity contribution in [3.8, 4) is 5.88 Å². The summed E-state index contributed by atoms with van der Waals surface area (Å²) >= 11 is 0. The van der Waals surface area contributed by atoms with Crippen LogP contribution in [0.25, 0.3) is 0 Å². The zero-order valence-electron chi connectivity index (χ0n) is 16.1. The van der Waals surface area contributed by atoms with Crippen molar-refractivity contribution in [3.63, 3.8) is 0 Å². The fourth-order valence-corrected chi connectivity index (χ4v) is 4.38. The van der Waals surface area contributed by atoms with Gasteiger partial charge in [-0.15, -0.1) is 0 Å². The van der Waals surface area contributed by atoms with Crippen molar-refractivity contribution in [1.29, 1.82) is 0 Å². The molecule has 3 rings (SSSR count). The van der Waals surface area contributed by atoms with E-state index in [9.17, 15) is 8.42 Å². The summed E-state index contributed by atoms with van der Waals surface area (Å²) in [7, 11) is 0.0699. The molecule has 10 heteroatoms. The molecule has 0 N–H and O–H groups in total. The lowest BCUT2D eigenvalue weighted by molar-refractivity contribution is 0.124. The molecular formula is C17H26N6O3S. The first-order valence-electron chi connectivity index (χ1n) is 8.97. The molecule has 2 aromatic rings. The normalized spacial score (nSPS) is 18.6. The number of ether oxygens (including phenoxy) is 1. The minimum absolute atomic E-state index is 0.0744. The average molecular weight is 395 g/mol. The van der Waals surface area contributed by atoms with Gasteiger partial charge in [-0.3, -0.25) is 0 Å². The number of hydrogen-bond donors (Lipinski definition) is 0.